The summed E-state index contributed by atoms with van der Waals surface area (Å²) in [7, 11) is 0. The average molecular weight is 449 g/mol. The highest BCUT2D eigenvalue weighted by atomic mass is 16.7. The second-order valence-corrected chi connectivity index (χ2v) is 7.79. The van der Waals surface area contributed by atoms with Gasteiger partial charge in [0.1, 0.15) is 18.2 Å². The van der Waals surface area contributed by atoms with Crippen LogP contribution in [0.2, 0.25) is 0 Å². The van der Waals surface area contributed by atoms with Gasteiger partial charge in [-0.25, -0.2) is 0 Å². The molecule has 1 saturated heterocycles. The summed E-state index contributed by atoms with van der Waals surface area (Å²) in [5.74, 6) is -2.92. The number of hydrogen-bond acceptors (Lipinski definition) is 9. The zero-order valence-corrected chi connectivity index (χ0v) is 18.3. The Kier molecular flexibility index (Phi) is 7.47. The van der Waals surface area contributed by atoms with Gasteiger partial charge < -0.3 is 29.0 Å². The highest BCUT2D eigenvalue weighted by Crippen LogP contribution is 2.41. The van der Waals surface area contributed by atoms with Gasteiger partial charge in [-0.05, 0) is 0 Å². The predicted molar refractivity (Wildman–Crippen MR) is 108 cm³/mol. The van der Waals surface area contributed by atoms with E-state index in [2.05, 4.69) is 5.32 Å². The van der Waals surface area contributed by atoms with E-state index in [9.17, 15) is 19.2 Å². The SMILES string of the molecule is CC(=O)N[C@H]1[C@H](OC(C)=O)[C@@H]2CO[C@@H](c3ccccc3)O[C@H]2[C@H](OC(C)=O)[C@H]1OC(C)=O. The minimum absolute atomic E-state index is 0.0861. The third-order valence-electron chi connectivity index (χ3n) is 5.27. The number of benzene rings is 1. The van der Waals surface area contributed by atoms with Crippen LogP contribution in [0, 0.1) is 5.92 Å². The molecule has 0 bridgehead atoms. The molecule has 1 saturated carbocycles. The van der Waals surface area contributed by atoms with E-state index in [4.69, 9.17) is 23.7 Å². The number of ether oxygens (including phenoxy) is 5. The Bertz CT molecular complexity index is 858. The molecule has 3 rings (SSSR count). The lowest BCUT2D eigenvalue weighted by Gasteiger charge is -2.51. The van der Waals surface area contributed by atoms with E-state index >= 15 is 0 Å². The zero-order valence-electron chi connectivity index (χ0n) is 18.3. The topological polar surface area (TPSA) is 126 Å². The monoisotopic (exact) mass is 449 g/mol. The molecule has 10 nitrogen and oxygen atoms in total. The molecule has 32 heavy (non-hydrogen) atoms. The molecule has 0 radical (unpaired) electrons. The third kappa shape index (κ3) is 5.43. The van der Waals surface area contributed by atoms with E-state index in [0.717, 1.165) is 5.56 Å². The number of fused-ring (bicyclic) bond motifs is 1. The van der Waals surface area contributed by atoms with Crippen LogP contribution >= 0.6 is 0 Å². The molecule has 10 heteroatoms. The molecular formula is C22H27NO9. The van der Waals surface area contributed by atoms with Crippen LogP contribution in [-0.4, -0.2) is 60.9 Å². The lowest BCUT2D eigenvalue weighted by molar-refractivity contribution is -0.305. The van der Waals surface area contributed by atoms with Gasteiger partial charge in [-0.3, -0.25) is 19.2 Å². The first-order chi connectivity index (χ1) is 15.2. The van der Waals surface area contributed by atoms with Crippen molar-refractivity contribution in [2.75, 3.05) is 6.61 Å². The maximum absolute atomic E-state index is 11.9. The minimum atomic E-state index is -1.15. The normalized spacial score (nSPS) is 31.6. The number of amides is 1. The molecule has 1 amide bonds. The fraction of sp³-hybridized carbons (Fsp3) is 0.545. The first kappa shape index (κ1) is 23.7. The molecule has 1 aliphatic carbocycles. The number of carbonyl (C=O) groups is 4. The Morgan fingerprint density at radius 3 is 1.97 bits per heavy atom. The van der Waals surface area contributed by atoms with E-state index < -0.39 is 66.5 Å². The third-order valence-corrected chi connectivity index (χ3v) is 5.27. The van der Waals surface area contributed by atoms with Gasteiger partial charge in [-0.15, -0.1) is 0 Å². The van der Waals surface area contributed by atoms with Crippen molar-refractivity contribution < 1.29 is 42.9 Å². The van der Waals surface area contributed by atoms with Crippen LogP contribution in [0.3, 0.4) is 0 Å². The van der Waals surface area contributed by atoms with Crippen LogP contribution in [0.5, 0.6) is 0 Å². The van der Waals surface area contributed by atoms with Gasteiger partial charge in [0.15, 0.2) is 18.5 Å². The van der Waals surface area contributed by atoms with Gasteiger partial charge in [0, 0.05) is 33.3 Å². The van der Waals surface area contributed by atoms with E-state index in [0.29, 0.717) is 0 Å². The second-order valence-electron chi connectivity index (χ2n) is 7.79. The largest absolute Gasteiger partial charge is 0.460 e. The summed E-state index contributed by atoms with van der Waals surface area (Å²) in [5, 5.41) is 2.68. The van der Waals surface area contributed by atoms with Crippen LogP contribution in [0.15, 0.2) is 30.3 Å². The standard InChI is InChI=1S/C22H27NO9/c1-11(24)23-17-18(29-12(2)25)16-10-28-22(15-8-6-5-7-9-15)32-19(16)21(31-14(4)27)20(17)30-13(3)26/h5-9,16-22H,10H2,1-4H3,(H,23,24)/t16-,17-,18+,19+,20-,21-,22+/m0/s1. The van der Waals surface area contributed by atoms with E-state index in [1.807, 2.05) is 30.3 Å². The van der Waals surface area contributed by atoms with Gasteiger partial charge in [-0.1, -0.05) is 30.3 Å². The molecule has 2 aliphatic rings. The average Bonchev–Trinajstić information content (AvgIpc) is 2.72. The second kappa shape index (κ2) is 10.1. The van der Waals surface area contributed by atoms with Gasteiger partial charge in [0.05, 0.1) is 12.5 Å². The summed E-state index contributed by atoms with van der Waals surface area (Å²) < 4.78 is 28.6. The highest BCUT2D eigenvalue weighted by molar-refractivity contribution is 5.74. The molecule has 1 heterocycles. The van der Waals surface area contributed by atoms with Crippen LogP contribution < -0.4 is 5.32 Å². The van der Waals surface area contributed by atoms with Crippen molar-refractivity contribution in [3.05, 3.63) is 35.9 Å². The van der Waals surface area contributed by atoms with Crippen LogP contribution in [0.4, 0.5) is 0 Å². The van der Waals surface area contributed by atoms with Crippen molar-refractivity contribution in [3.63, 3.8) is 0 Å². The Hall–Kier alpha value is -2.98. The van der Waals surface area contributed by atoms with Crippen LogP contribution in [0.25, 0.3) is 0 Å². The Balaban J connectivity index is 2.03. The van der Waals surface area contributed by atoms with Crippen molar-refractivity contribution in [2.24, 2.45) is 5.92 Å². The first-order valence-electron chi connectivity index (χ1n) is 10.3. The quantitative estimate of drug-likeness (QED) is 0.518. The number of esters is 3. The molecule has 0 spiro atoms. The Labute approximate surface area is 185 Å². The molecular weight excluding hydrogens is 422 g/mol. The molecule has 1 N–H and O–H groups in total. The van der Waals surface area contributed by atoms with E-state index in [1.54, 1.807) is 0 Å². The lowest BCUT2D eigenvalue weighted by atomic mass is 9.76. The van der Waals surface area contributed by atoms with Crippen molar-refractivity contribution in [2.45, 2.75) is 64.4 Å². The number of carbonyl (C=O) groups excluding carboxylic acids is 4. The maximum Gasteiger partial charge on any atom is 0.303 e. The summed E-state index contributed by atoms with van der Waals surface area (Å²) in [6.45, 7) is 5.01. The smallest absolute Gasteiger partial charge is 0.303 e. The molecule has 1 aliphatic heterocycles. The van der Waals surface area contributed by atoms with Gasteiger partial charge in [0.25, 0.3) is 0 Å². The molecule has 7 atom stereocenters. The van der Waals surface area contributed by atoms with E-state index in [1.165, 1.54) is 27.7 Å². The minimum Gasteiger partial charge on any atom is -0.460 e. The van der Waals surface area contributed by atoms with Crippen LogP contribution in [0.1, 0.15) is 39.5 Å². The predicted octanol–water partition coefficient (Wildman–Crippen LogP) is 1.03. The van der Waals surface area contributed by atoms with Crippen molar-refractivity contribution in [3.8, 4) is 0 Å². The first-order valence-corrected chi connectivity index (χ1v) is 10.3. The summed E-state index contributed by atoms with van der Waals surface area (Å²) in [6.07, 6.45) is -4.78. The Morgan fingerprint density at radius 1 is 0.844 bits per heavy atom. The van der Waals surface area contributed by atoms with Gasteiger partial charge in [-0.2, -0.15) is 0 Å². The molecule has 1 aromatic rings. The van der Waals surface area contributed by atoms with E-state index in [-0.39, 0.29) is 6.61 Å². The van der Waals surface area contributed by atoms with Gasteiger partial charge in [0.2, 0.25) is 5.91 Å². The number of hydrogen-bond donors (Lipinski definition) is 1. The molecule has 174 valence electrons. The molecule has 2 fully saturated rings. The summed E-state index contributed by atoms with van der Waals surface area (Å²) in [6, 6.07) is 8.17. The zero-order chi connectivity index (χ0) is 23.4. The van der Waals surface area contributed by atoms with Gasteiger partial charge >= 0.3 is 17.9 Å². The molecule has 0 aromatic heterocycles. The van der Waals surface area contributed by atoms with Crippen molar-refractivity contribution in [1.29, 1.82) is 0 Å². The summed E-state index contributed by atoms with van der Waals surface area (Å²) >= 11 is 0. The number of rotatable bonds is 5. The van der Waals surface area contributed by atoms with Crippen LogP contribution in [-0.2, 0) is 42.9 Å². The lowest BCUT2D eigenvalue weighted by Crippen LogP contribution is -2.70. The molecule has 0 unspecified atom stereocenters. The fourth-order valence-electron chi connectivity index (χ4n) is 4.22. The molecule has 1 aromatic carbocycles. The highest BCUT2D eigenvalue weighted by Gasteiger charge is 2.58. The fourth-order valence-corrected chi connectivity index (χ4v) is 4.22. The van der Waals surface area contributed by atoms with Crippen molar-refractivity contribution in [1.82, 2.24) is 5.32 Å². The Morgan fingerprint density at radius 2 is 1.41 bits per heavy atom. The maximum atomic E-state index is 11.9. The summed E-state index contributed by atoms with van der Waals surface area (Å²) in [4.78, 5) is 47.7. The summed E-state index contributed by atoms with van der Waals surface area (Å²) in [5.41, 5.74) is 0.740. The number of nitrogens with one attached hydrogen (secondary N) is 1. The van der Waals surface area contributed by atoms with Crippen molar-refractivity contribution >= 4 is 23.8 Å².